The lowest BCUT2D eigenvalue weighted by atomic mass is 9.98. The van der Waals surface area contributed by atoms with Gasteiger partial charge < -0.3 is 14.7 Å². The van der Waals surface area contributed by atoms with Crippen molar-refractivity contribution in [2.45, 2.75) is 19.8 Å². The van der Waals surface area contributed by atoms with Crippen LogP contribution in [0.3, 0.4) is 0 Å². The molecule has 1 saturated heterocycles. The average molecular weight is 201 g/mol. The van der Waals surface area contributed by atoms with Crippen molar-refractivity contribution in [1.82, 2.24) is 4.90 Å². The maximum atomic E-state index is 11.5. The van der Waals surface area contributed by atoms with Crippen molar-refractivity contribution in [2.75, 3.05) is 32.9 Å². The van der Waals surface area contributed by atoms with Crippen molar-refractivity contribution < 1.29 is 14.6 Å². The molecule has 0 aromatic carbocycles. The second-order valence-electron chi connectivity index (χ2n) is 3.64. The lowest BCUT2D eigenvalue weighted by Gasteiger charge is -2.31. The summed E-state index contributed by atoms with van der Waals surface area (Å²) in [6.45, 7) is 4.42. The minimum atomic E-state index is 0.0724. The molecule has 1 heterocycles. The minimum absolute atomic E-state index is 0.0724. The smallest absolute Gasteiger partial charge is 0.248 e. The highest BCUT2D eigenvalue weighted by Crippen LogP contribution is 2.16. The Morgan fingerprint density at radius 1 is 1.50 bits per heavy atom. The summed E-state index contributed by atoms with van der Waals surface area (Å²) in [5, 5.41) is 8.93. The molecular weight excluding hydrogens is 182 g/mol. The van der Waals surface area contributed by atoms with Crippen molar-refractivity contribution >= 4 is 5.91 Å². The van der Waals surface area contributed by atoms with Crippen LogP contribution in [-0.2, 0) is 9.53 Å². The highest BCUT2D eigenvalue weighted by molar-refractivity contribution is 5.77. The van der Waals surface area contributed by atoms with Crippen LogP contribution in [0.5, 0.6) is 0 Å². The zero-order valence-corrected chi connectivity index (χ0v) is 8.74. The number of likely N-dealkylation sites (tertiary alicyclic amines) is 1. The van der Waals surface area contributed by atoms with Gasteiger partial charge in [-0.3, -0.25) is 4.79 Å². The molecule has 0 aromatic heterocycles. The molecule has 0 bridgehead atoms. The van der Waals surface area contributed by atoms with Gasteiger partial charge in [-0.2, -0.15) is 0 Å². The minimum Gasteiger partial charge on any atom is -0.396 e. The van der Waals surface area contributed by atoms with Gasteiger partial charge in [0.15, 0.2) is 0 Å². The van der Waals surface area contributed by atoms with Crippen molar-refractivity contribution in [1.29, 1.82) is 0 Å². The van der Waals surface area contributed by atoms with E-state index >= 15 is 0 Å². The summed E-state index contributed by atoms with van der Waals surface area (Å²) in [4.78, 5) is 13.3. The Morgan fingerprint density at radius 2 is 2.14 bits per heavy atom. The number of hydrogen-bond acceptors (Lipinski definition) is 3. The van der Waals surface area contributed by atoms with E-state index in [1.165, 1.54) is 0 Å². The van der Waals surface area contributed by atoms with Crippen LogP contribution >= 0.6 is 0 Å². The SMILES string of the molecule is CCOCC(=O)N1CCC(CO)CC1. The molecular formula is C10H19NO3. The van der Waals surface area contributed by atoms with E-state index in [-0.39, 0.29) is 19.1 Å². The van der Waals surface area contributed by atoms with Gasteiger partial charge in [0.05, 0.1) is 0 Å². The molecule has 82 valence electrons. The normalized spacial score (nSPS) is 18.6. The van der Waals surface area contributed by atoms with Crippen molar-refractivity contribution in [3.63, 3.8) is 0 Å². The van der Waals surface area contributed by atoms with E-state index < -0.39 is 0 Å². The number of ether oxygens (including phenoxy) is 1. The second kappa shape index (κ2) is 5.98. The van der Waals surface area contributed by atoms with E-state index in [4.69, 9.17) is 9.84 Å². The number of nitrogens with zero attached hydrogens (tertiary/aromatic N) is 1. The predicted octanol–water partition coefficient (Wildman–Crippen LogP) is 0.254. The van der Waals surface area contributed by atoms with Crippen LogP contribution in [0.15, 0.2) is 0 Å². The average Bonchev–Trinajstić information content (AvgIpc) is 2.26. The third kappa shape index (κ3) is 3.27. The molecule has 1 aliphatic heterocycles. The van der Waals surface area contributed by atoms with Gasteiger partial charge in [0.25, 0.3) is 0 Å². The van der Waals surface area contributed by atoms with Crippen molar-refractivity contribution in [3.05, 3.63) is 0 Å². The molecule has 0 radical (unpaired) electrons. The van der Waals surface area contributed by atoms with Gasteiger partial charge in [0.2, 0.25) is 5.91 Å². The fourth-order valence-corrected chi connectivity index (χ4v) is 1.65. The first kappa shape index (κ1) is 11.5. The highest BCUT2D eigenvalue weighted by Gasteiger charge is 2.21. The van der Waals surface area contributed by atoms with Crippen LogP contribution in [-0.4, -0.2) is 48.8 Å². The molecule has 0 aromatic rings. The quantitative estimate of drug-likeness (QED) is 0.709. The van der Waals surface area contributed by atoms with Crippen LogP contribution < -0.4 is 0 Å². The van der Waals surface area contributed by atoms with E-state index in [9.17, 15) is 4.79 Å². The Kier molecular flexibility index (Phi) is 4.90. The summed E-state index contributed by atoms with van der Waals surface area (Å²) in [7, 11) is 0. The summed E-state index contributed by atoms with van der Waals surface area (Å²) >= 11 is 0. The Labute approximate surface area is 84.8 Å². The summed E-state index contributed by atoms with van der Waals surface area (Å²) in [5.74, 6) is 0.453. The number of aliphatic hydroxyl groups excluding tert-OH is 1. The number of hydrogen-bond donors (Lipinski definition) is 1. The first-order valence-electron chi connectivity index (χ1n) is 5.24. The van der Waals surface area contributed by atoms with E-state index in [0.29, 0.717) is 12.5 Å². The Balaban J connectivity index is 2.23. The van der Waals surface area contributed by atoms with E-state index in [2.05, 4.69) is 0 Å². The summed E-state index contributed by atoms with van der Waals surface area (Å²) in [6, 6.07) is 0. The monoisotopic (exact) mass is 201 g/mol. The van der Waals surface area contributed by atoms with Gasteiger partial charge in [-0.15, -0.1) is 0 Å². The van der Waals surface area contributed by atoms with Crippen molar-refractivity contribution in [3.8, 4) is 0 Å². The fourth-order valence-electron chi connectivity index (χ4n) is 1.65. The van der Waals surface area contributed by atoms with Crippen LogP contribution in [0, 0.1) is 5.92 Å². The zero-order valence-electron chi connectivity index (χ0n) is 8.74. The summed E-state index contributed by atoms with van der Waals surface area (Å²) < 4.78 is 5.06. The first-order valence-corrected chi connectivity index (χ1v) is 5.24. The number of carbonyl (C=O) groups is 1. The lowest BCUT2D eigenvalue weighted by molar-refractivity contribution is -0.137. The zero-order chi connectivity index (χ0) is 10.4. The number of piperidine rings is 1. The molecule has 1 rings (SSSR count). The second-order valence-corrected chi connectivity index (χ2v) is 3.64. The van der Waals surface area contributed by atoms with Crippen LogP contribution in [0.25, 0.3) is 0 Å². The molecule has 14 heavy (non-hydrogen) atoms. The maximum absolute atomic E-state index is 11.5. The third-order valence-corrected chi connectivity index (χ3v) is 2.66. The van der Waals surface area contributed by atoms with Crippen LogP contribution in [0.4, 0.5) is 0 Å². The van der Waals surface area contributed by atoms with Gasteiger partial charge >= 0.3 is 0 Å². The first-order chi connectivity index (χ1) is 6.77. The Hall–Kier alpha value is -0.610. The molecule has 1 aliphatic rings. The third-order valence-electron chi connectivity index (χ3n) is 2.66. The standard InChI is InChI=1S/C10H19NO3/c1-2-14-8-10(13)11-5-3-9(7-12)4-6-11/h9,12H,2-8H2,1H3. The molecule has 0 saturated carbocycles. The Morgan fingerprint density at radius 3 is 2.64 bits per heavy atom. The number of amides is 1. The van der Waals surface area contributed by atoms with Crippen molar-refractivity contribution in [2.24, 2.45) is 5.92 Å². The molecule has 0 unspecified atom stereocenters. The van der Waals surface area contributed by atoms with E-state index in [1.807, 2.05) is 11.8 Å². The van der Waals surface area contributed by atoms with Gasteiger partial charge in [0, 0.05) is 26.3 Å². The predicted molar refractivity (Wildman–Crippen MR) is 52.9 cm³/mol. The van der Waals surface area contributed by atoms with Crippen LogP contribution in [0.2, 0.25) is 0 Å². The molecule has 0 atom stereocenters. The Bertz CT molecular complexity index is 176. The highest BCUT2D eigenvalue weighted by atomic mass is 16.5. The molecule has 0 spiro atoms. The molecule has 4 heteroatoms. The fraction of sp³-hybridized carbons (Fsp3) is 0.900. The molecule has 4 nitrogen and oxygen atoms in total. The largest absolute Gasteiger partial charge is 0.396 e. The number of rotatable bonds is 4. The number of carbonyl (C=O) groups excluding carboxylic acids is 1. The molecule has 1 N–H and O–H groups in total. The van der Waals surface area contributed by atoms with Gasteiger partial charge in [-0.05, 0) is 25.7 Å². The van der Waals surface area contributed by atoms with Crippen LogP contribution in [0.1, 0.15) is 19.8 Å². The topological polar surface area (TPSA) is 49.8 Å². The summed E-state index contributed by atoms with van der Waals surface area (Å²) in [6.07, 6.45) is 1.82. The molecule has 1 fully saturated rings. The van der Waals surface area contributed by atoms with Gasteiger partial charge in [0.1, 0.15) is 6.61 Å². The lowest BCUT2D eigenvalue weighted by Crippen LogP contribution is -2.41. The molecule has 1 amide bonds. The summed E-state index contributed by atoms with van der Waals surface area (Å²) in [5.41, 5.74) is 0. The number of aliphatic hydroxyl groups is 1. The van der Waals surface area contributed by atoms with E-state index in [1.54, 1.807) is 0 Å². The maximum Gasteiger partial charge on any atom is 0.248 e. The molecule has 0 aliphatic carbocycles. The van der Waals surface area contributed by atoms with Gasteiger partial charge in [-0.25, -0.2) is 0 Å². The van der Waals surface area contributed by atoms with Gasteiger partial charge in [-0.1, -0.05) is 0 Å². The van der Waals surface area contributed by atoms with E-state index in [0.717, 1.165) is 25.9 Å².